The van der Waals surface area contributed by atoms with Gasteiger partial charge in [0.2, 0.25) is 0 Å². The lowest BCUT2D eigenvalue weighted by atomic mass is 9.69. The molecule has 1 aromatic rings. The fourth-order valence-corrected chi connectivity index (χ4v) is 2.87. The van der Waals surface area contributed by atoms with Crippen molar-refractivity contribution in [3.05, 3.63) is 24.2 Å². The highest BCUT2D eigenvalue weighted by molar-refractivity contribution is 5.08. The normalized spacial score (nSPS) is 23.2. The van der Waals surface area contributed by atoms with Crippen LogP contribution in [0.1, 0.15) is 51.2 Å². The molecule has 2 nitrogen and oxygen atoms in total. The summed E-state index contributed by atoms with van der Waals surface area (Å²) in [5.41, 5.74) is 6.43. The highest BCUT2D eigenvalue weighted by Crippen LogP contribution is 2.43. The first-order valence-electron chi connectivity index (χ1n) is 6.36. The molecule has 1 aliphatic carbocycles. The van der Waals surface area contributed by atoms with Gasteiger partial charge >= 0.3 is 0 Å². The molecule has 1 aromatic heterocycles. The molecular weight excluding hydrogens is 198 g/mol. The minimum atomic E-state index is 0.422. The van der Waals surface area contributed by atoms with E-state index in [9.17, 15) is 0 Å². The largest absolute Gasteiger partial charge is 0.469 e. The number of hydrogen-bond donors (Lipinski definition) is 1. The molecular formula is C14H23NO. The Kier molecular flexibility index (Phi) is 3.38. The van der Waals surface area contributed by atoms with E-state index < -0.39 is 0 Å². The second-order valence-electron chi connectivity index (χ2n) is 5.86. The molecule has 0 saturated heterocycles. The van der Waals surface area contributed by atoms with E-state index in [1.54, 1.807) is 6.26 Å². The minimum absolute atomic E-state index is 0.422. The van der Waals surface area contributed by atoms with Gasteiger partial charge in [-0.05, 0) is 49.1 Å². The van der Waals surface area contributed by atoms with Crippen LogP contribution in [0.4, 0.5) is 0 Å². The van der Waals surface area contributed by atoms with Gasteiger partial charge in [-0.2, -0.15) is 0 Å². The van der Waals surface area contributed by atoms with Crippen molar-refractivity contribution >= 4 is 0 Å². The lowest BCUT2D eigenvalue weighted by molar-refractivity contribution is 0.166. The summed E-state index contributed by atoms with van der Waals surface area (Å²) in [6.07, 6.45) is 6.96. The van der Waals surface area contributed by atoms with E-state index in [0.29, 0.717) is 23.8 Å². The standard InChI is InChI=1S/C14H23NO/c1-14(2)7-5-11(6-8-14)12(10-15)13-4-3-9-16-13/h3-4,9,11-12H,5-8,10,15H2,1-2H3. The van der Waals surface area contributed by atoms with Crippen molar-refractivity contribution in [2.45, 2.75) is 45.4 Å². The highest BCUT2D eigenvalue weighted by Gasteiger charge is 2.32. The Balaban J connectivity index is 2.02. The average Bonchev–Trinajstić information content (AvgIpc) is 2.75. The molecule has 1 heterocycles. The van der Waals surface area contributed by atoms with E-state index in [0.717, 1.165) is 5.76 Å². The van der Waals surface area contributed by atoms with E-state index in [2.05, 4.69) is 19.9 Å². The van der Waals surface area contributed by atoms with E-state index in [1.165, 1.54) is 25.7 Å². The first kappa shape index (κ1) is 11.7. The van der Waals surface area contributed by atoms with Gasteiger partial charge in [0.1, 0.15) is 5.76 Å². The lowest BCUT2D eigenvalue weighted by Crippen LogP contribution is -2.28. The van der Waals surface area contributed by atoms with Crippen molar-refractivity contribution < 1.29 is 4.42 Å². The van der Waals surface area contributed by atoms with Gasteiger partial charge in [-0.1, -0.05) is 13.8 Å². The maximum absolute atomic E-state index is 5.90. The maximum atomic E-state index is 5.90. The number of nitrogens with two attached hydrogens (primary N) is 1. The molecule has 1 saturated carbocycles. The summed E-state index contributed by atoms with van der Waals surface area (Å²) in [5, 5.41) is 0. The third-order valence-electron chi connectivity index (χ3n) is 4.12. The van der Waals surface area contributed by atoms with Crippen LogP contribution in [-0.4, -0.2) is 6.54 Å². The van der Waals surface area contributed by atoms with Crippen LogP contribution in [0.5, 0.6) is 0 Å². The first-order valence-corrected chi connectivity index (χ1v) is 6.36. The van der Waals surface area contributed by atoms with Crippen LogP contribution in [0, 0.1) is 11.3 Å². The topological polar surface area (TPSA) is 39.2 Å². The Bertz CT molecular complexity index is 305. The summed E-state index contributed by atoms with van der Waals surface area (Å²) in [4.78, 5) is 0. The molecule has 2 heteroatoms. The van der Waals surface area contributed by atoms with E-state index >= 15 is 0 Å². The smallest absolute Gasteiger partial charge is 0.108 e. The molecule has 0 aliphatic heterocycles. The van der Waals surface area contributed by atoms with Gasteiger partial charge in [0, 0.05) is 12.5 Å². The van der Waals surface area contributed by atoms with Crippen LogP contribution < -0.4 is 5.73 Å². The molecule has 1 aliphatic rings. The van der Waals surface area contributed by atoms with E-state index in [4.69, 9.17) is 10.2 Å². The predicted molar refractivity (Wildman–Crippen MR) is 66.2 cm³/mol. The minimum Gasteiger partial charge on any atom is -0.469 e. The molecule has 2 N–H and O–H groups in total. The number of hydrogen-bond acceptors (Lipinski definition) is 2. The molecule has 1 fully saturated rings. The SMILES string of the molecule is CC1(C)CCC(C(CN)c2ccco2)CC1. The summed E-state index contributed by atoms with van der Waals surface area (Å²) in [7, 11) is 0. The molecule has 90 valence electrons. The predicted octanol–water partition coefficient (Wildman–Crippen LogP) is 3.54. The Hall–Kier alpha value is -0.760. The summed E-state index contributed by atoms with van der Waals surface area (Å²) < 4.78 is 5.51. The van der Waals surface area contributed by atoms with Crippen molar-refractivity contribution in [3.63, 3.8) is 0 Å². The maximum Gasteiger partial charge on any atom is 0.108 e. The average molecular weight is 221 g/mol. The molecule has 0 spiro atoms. The second kappa shape index (κ2) is 4.62. The van der Waals surface area contributed by atoms with Gasteiger partial charge in [-0.15, -0.1) is 0 Å². The summed E-state index contributed by atoms with van der Waals surface area (Å²) in [6, 6.07) is 4.03. The molecule has 1 unspecified atom stereocenters. The third kappa shape index (κ3) is 2.49. The van der Waals surface area contributed by atoms with E-state index in [-0.39, 0.29) is 0 Å². The van der Waals surface area contributed by atoms with Crippen molar-refractivity contribution in [2.24, 2.45) is 17.1 Å². The van der Waals surface area contributed by atoms with Gasteiger partial charge in [0.15, 0.2) is 0 Å². The van der Waals surface area contributed by atoms with Crippen LogP contribution in [0.3, 0.4) is 0 Å². The zero-order chi connectivity index (χ0) is 11.6. The Morgan fingerprint density at radius 3 is 2.62 bits per heavy atom. The molecule has 1 atom stereocenters. The van der Waals surface area contributed by atoms with Gasteiger partial charge < -0.3 is 10.2 Å². The number of rotatable bonds is 3. The molecule has 2 rings (SSSR count). The molecule has 16 heavy (non-hydrogen) atoms. The molecule has 0 radical (unpaired) electrons. The fourth-order valence-electron chi connectivity index (χ4n) is 2.87. The zero-order valence-corrected chi connectivity index (χ0v) is 10.4. The van der Waals surface area contributed by atoms with Gasteiger partial charge in [-0.3, -0.25) is 0 Å². The Morgan fingerprint density at radius 2 is 2.12 bits per heavy atom. The van der Waals surface area contributed by atoms with Gasteiger partial charge in [0.05, 0.1) is 6.26 Å². The van der Waals surface area contributed by atoms with Gasteiger partial charge in [-0.25, -0.2) is 0 Å². The molecule has 0 aromatic carbocycles. The van der Waals surface area contributed by atoms with Crippen LogP contribution >= 0.6 is 0 Å². The number of furan rings is 1. The highest BCUT2D eigenvalue weighted by atomic mass is 16.3. The third-order valence-corrected chi connectivity index (χ3v) is 4.12. The zero-order valence-electron chi connectivity index (χ0n) is 10.4. The molecule has 0 amide bonds. The van der Waals surface area contributed by atoms with Crippen LogP contribution in [0.25, 0.3) is 0 Å². The van der Waals surface area contributed by atoms with Crippen molar-refractivity contribution in [3.8, 4) is 0 Å². The lowest BCUT2D eigenvalue weighted by Gasteiger charge is -2.37. The van der Waals surface area contributed by atoms with Crippen molar-refractivity contribution in [1.82, 2.24) is 0 Å². The van der Waals surface area contributed by atoms with E-state index in [1.807, 2.05) is 6.07 Å². The molecule has 0 bridgehead atoms. The van der Waals surface area contributed by atoms with Crippen LogP contribution in [-0.2, 0) is 0 Å². The second-order valence-corrected chi connectivity index (χ2v) is 5.86. The van der Waals surface area contributed by atoms with Crippen LogP contribution in [0.15, 0.2) is 22.8 Å². The Labute approximate surface area is 98.2 Å². The Morgan fingerprint density at radius 1 is 1.44 bits per heavy atom. The summed E-state index contributed by atoms with van der Waals surface area (Å²) >= 11 is 0. The van der Waals surface area contributed by atoms with Crippen molar-refractivity contribution in [2.75, 3.05) is 6.54 Å². The fraction of sp³-hybridized carbons (Fsp3) is 0.714. The first-order chi connectivity index (χ1) is 7.62. The monoisotopic (exact) mass is 221 g/mol. The summed E-state index contributed by atoms with van der Waals surface area (Å²) in [5.74, 6) is 2.21. The van der Waals surface area contributed by atoms with Crippen molar-refractivity contribution in [1.29, 1.82) is 0 Å². The quantitative estimate of drug-likeness (QED) is 0.848. The van der Waals surface area contributed by atoms with Gasteiger partial charge in [0.25, 0.3) is 0 Å². The summed E-state index contributed by atoms with van der Waals surface area (Å²) in [6.45, 7) is 5.44. The van der Waals surface area contributed by atoms with Crippen LogP contribution in [0.2, 0.25) is 0 Å².